The summed E-state index contributed by atoms with van der Waals surface area (Å²) in [7, 11) is 0. The predicted molar refractivity (Wildman–Crippen MR) is 71.8 cm³/mol. The molecule has 1 aromatic carbocycles. The summed E-state index contributed by atoms with van der Waals surface area (Å²) in [6.45, 7) is 0. The number of benzene rings is 1. The van der Waals surface area contributed by atoms with Crippen molar-refractivity contribution in [3.05, 3.63) is 35.6 Å². The van der Waals surface area contributed by atoms with Crippen LogP contribution < -0.4 is 0 Å². The van der Waals surface area contributed by atoms with E-state index in [-0.39, 0.29) is 5.82 Å². The molecule has 3 rings (SSSR count). The van der Waals surface area contributed by atoms with Gasteiger partial charge in [-0.1, -0.05) is 34.5 Å². The van der Waals surface area contributed by atoms with Gasteiger partial charge in [0.1, 0.15) is 5.82 Å². The molecule has 0 N–H and O–H groups in total. The molecule has 0 aromatic heterocycles. The van der Waals surface area contributed by atoms with E-state index < -0.39 is 0 Å². The van der Waals surface area contributed by atoms with Crippen LogP contribution in [-0.2, 0) is 6.42 Å². The minimum Gasteiger partial charge on any atom is -0.207 e. The third-order valence-electron chi connectivity index (χ3n) is 4.60. The first kappa shape index (κ1) is 11.7. The van der Waals surface area contributed by atoms with Gasteiger partial charge in [-0.25, -0.2) is 4.39 Å². The van der Waals surface area contributed by atoms with Crippen molar-refractivity contribution in [1.29, 1.82) is 0 Å². The van der Waals surface area contributed by atoms with Gasteiger partial charge in [0.2, 0.25) is 0 Å². The molecule has 2 fully saturated rings. The highest BCUT2D eigenvalue weighted by molar-refractivity contribution is 9.09. The molecule has 2 bridgehead atoms. The summed E-state index contributed by atoms with van der Waals surface area (Å²) in [5.74, 6) is 2.65. The zero-order valence-corrected chi connectivity index (χ0v) is 11.5. The first-order valence-electron chi connectivity index (χ1n) is 6.61. The summed E-state index contributed by atoms with van der Waals surface area (Å²) >= 11 is 3.87. The molecule has 2 heteroatoms. The van der Waals surface area contributed by atoms with Gasteiger partial charge in [0.05, 0.1) is 0 Å². The van der Waals surface area contributed by atoms with Gasteiger partial charge in [-0.15, -0.1) is 0 Å². The molecule has 17 heavy (non-hydrogen) atoms. The zero-order chi connectivity index (χ0) is 11.8. The van der Waals surface area contributed by atoms with Gasteiger partial charge in [-0.3, -0.25) is 0 Å². The Kier molecular flexibility index (Phi) is 3.25. The number of alkyl halides is 1. The fourth-order valence-corrected chi connectivity index (χ4v) is 4.76. The normalized spacial score (nSPS) is 32.9. The Morgan fingerprint density at radius 1 is 1.18 bits per heavy atom. The molecule has 0 amide bonds. The number of hydrogen-bond acceptors (Lipinski definition) is 0. The van der Waals surface area contributed by atoms with Crippen LogP contribution in [0.4, 0.5) is 4.39 Å². The summed E-state index contributed by atoms with van der Waals surface area (Å²) < 4.78 is 12.8. The molecule has 2 saturated carbocycles. The van der Waals surface area contributed by atoms with E-state index in [1.54, 1.807) is 12.1 Å². The quantitative estimate of drug-likeness (QED) is 0.717. The first-order valence-corrected chi connectivity index (χ1v) is 7.52. The lowest BCUT2D eigenvalue weighted by Gasteiger charge is -2.26. The lowest BCUT2D eigenvalue weighted by atomic mass is 9.84. The largest absolute Gasteiger partial charge is 0.207 e. The summed E-state index contributed by atoms with van der Waals surface area (Å²) in [4.78, 5) is 0.572. The fraction of sp³-hybridized carbons (Fsp3) is 0.600. The van der Waals surface area contributed by atoms with Crippen LogP contribution in [0.15, 0.2) is 24.3 Å². The molecular weight excluding hydrogens is 279 g/mol. The van der Waals surface area contributed by atoms with E-state index in [9.17, 15) is 4.39 Å². The van der Waals surface area contributed by atoms with Crippen molar-refractivity contribution in [3.8, 4) is 0 Å². The van der Waals surface area contributed by atoms with Crippen LogP contribution in [0.25, 0.3) is 0 Å². The Morgan fingerprint density at radius 2 is 1.94 bits per heavy atom. The van der Waals surface area contributed by atoms with E-state index in [1.165, 1.54) is 31.2 Å². The van der Waals surface area contributed by atoms with Crippen molar-refractivity contribution >= 4 is 15.9 Å². The highest BCUT2D eigenvalue weighted by Crippen LogP contribution is 2.51. The smallest absolute Gasteiger partial charge is 0.123 e. The van der Waals surface area contributed by atoms with Gasteiger partial charge < -0.3 is 0 Å². The molecule has 0 aliphatic heterocycles. The Balaban J connectivity index is 1.63. The molecule has 0 spiro atoms. The standard InChI is InChI=1S/C15H18BrF/c16-15(9-10-2-5-13(17)6-3-10)14-8-11-1-4-12(14)7-11/h2-3,5-6,11-12,14-15H,1,4,7-9H2. The molecule has 0 radical (unpaired) electrons. The van der Waals surface area contributed by atoms with Crippen LogP contribution in [0, 0.1) is 23.6 Å². The molecular formula is C15H18BrF. The van der Waals surface area contributed by atoms with Crippen LogP contribution in [0.2, 0.25) is 0 Å². The van der Waals surface area contributed by atoms with E-state index in [4.69, 9.17) is 0 Å². The second-order valence-corrected chi connectivity index (χ2v) is 6.86. The summed E-state index contributed by atoms with van der Waals surface area (Å²) in [6.07, 6.45) is 6.78. The van der Waals surface area contributed by atoms with Gasteiger partial charge in [0, 0.05) is 4.83 Å². The van der Waals surface area contributed by atoms with E-state index in [2.05, 4.69) is 15.9 Å². The molecule has 0 heterocycles. The Hall–Kier alpha value is -0.370. The first-order chi connectivity index (χ1) is 8.22. The third-order valence-corrected chi connectivity index (χ3v) is 5.60. The highest BCUT2D eigenvalue weighted by atomic mass is 79.9. The molecule has 4 unspecified atom stereocenters. The van der Waals surface area contributed by atoms with E-state index in [0.717, 1.165) is 24.2 Å². The topological polar surface area (TPSA) is 0 Å². The number of fused-ring (bicyclic) bond motifs is 2. The summed E-state index contributed by atoms with van der Waals surface area (Å²) in [5, 5.41) is 0. The van der Waals surface area contributed by atoms with Crippen LogP contribution in [0.1, 0.15) is 31.2 Å². The van der Waals surface area contributed by atoms with E-state index >= 15 is 0 Å². The lowest BCUT2D eigenvalue weighted by Crippen LogP contribution is -2.22. The van der Waals surface area contributed by atoms with Crippen molar-refractivity contribution in [3.63, 3.8) is 0 Å². The second kappa shape index (κ2) is 4.72. The average Bonchev–Trinajstić information content (AvgIpc) is 2.94. The molecule has 4 atom stereocenters. The Labute approximate surface area is 111 Å². The maximum Gasteiger partial charge on any atom is 0.123 e. The van der Waals surface area contributed by atoms with E-state index in [1.807, 2.05) is 12.1 Å². The maximum atomic E-state index is 12.8. The molecule has 2 aliphatic rings. The molecule has 0 nitrogen and oxygen atoms in total. The molecule has 0 saturated heterocycles. The third kappa shape index (κ3) is 2.42. The molecule has 1 aromatic rings. The molecule has 92 valence electrons. The second-order valence-electron chi connectivity index (χ2n) is 5.69. The zero-order valence-electron chi connectivity index (χ0n) is 9.91. The highest BCUT2D eigenvalue weighted by Gasteiger charge is 2.42. The van der Waals surface area contributed by atoms with E-state index in [0.29, 0.717) is 4.83 Å². The average molecular weight is 297 g/mol. The van der Waals surface area contributed by atoms with Gasteiger partial charge in [-0.05, 0) is 61.1 Å². The van der Waals surface area contributed by atoms with Gasteiger partial charge >= 0.3 is 0 Å². The molecule has 2 aliphatic carbocycles. The number of hydrogen-bond donors (Lipinski definition) is 0. The van der Waals surface area contributed by atoms with Crippen molar-refractivity contribution in [2.24, 2.45) is 17.8 Å². The minimum absolute atomic E-state index is 0.139. The monoisotopic (exact) mass is 296 g/mol. The van der Waals surface area contributed by atoms with Crippen molar-refractivity contribution < 1.29 is 4.39 Å². The van der Waals surface area contributed by atoms with Crippen LogP contribution in [0.3, 0.4) is 0 Å². The number of rotatable bonds is 3. The van der Waals surface area contributed by atoms with Gasteiger partial charge in [0.25, 0.3) is 0 Å². The van der Waals surface area contributed by atoms with Crippen LogP contribution in [-0.4, -0.2) is 4.83 Å². The van der Waals surface area contributed by atoms with Crippen molar-refractivity contribution in [2.45, 2.75) is 36.9 Å². The van der Waals surface area contributed by atoms with Crippen LogP contribution >= 0.6 is 15.9 Å². The van der Waals surface area contributed by atoms with Gasteiger partial charge in [-0.2, -0.15) is 0 Å². The minimum atomic E-state index is -0.139. The number of halogens is 2. The maximum absolute atomic E-state index is 12.8. The SMILES string of the molecule is Fc1ccc(CC(Br)C2CC3CCC2C3)cc1. The van der Waals surface area contributed by atoms with Gasteiger partial charge in [0.15, 0.2) is 0 Å². The predicted octanol–water partition coefficient (Wildman–Crippen LogP) is 4.57. The lowest BCUT2D eigenvalue weighted by molar-refractivity contribution is 0.326. The summed E-state index contributed by atoms with van der Waals surface area (Å²) in [6, 6.07) is 6.96. The Bertz CT molecular complexity index is 386. The Morgan fingerprint density at radius 3 is 2.53 bits per heavy atom. The fourth-order valence-electron chi connectivity index (χ4n) is 3.73. The van der Waals surface area contributed by atoms with Crippen molar-refractivity contribution in [1.82, 2.24) is 0 Å². The summed E-state index contributed by atoms with van der Waals surface area (Å²) in [5.41, 5.74) is 1.25. The van der Waals surface area contributed by atoms with Crippen molar-refractivity contribution in [2.75, 3.05) is 0 Å². The van der Waals surface area contributed by atoms with Crippen LogP contribution in [0.5, 0.6) is 0 Å².